The van der Waals surface area contributed by atoms with Gasteiger partial charge < -0.3 is 10.1 Å². The molecule has 4 nitrogen and oxygen atoms in total. The molecule has 0 aliphatic heterocycles. The van der Waals surface area contributed by atoms with Gasteiger partial charge in [-0.05, 0) is 48.8 Å². The second-order valence-corrected chi connectivity index (χ2v) is 7.14. The lowest BCUT2D eigenvalue weighted by Gasteiger charge is -2.29. The minimum atomic E-state index is -0.283. The van der Waals surface area contributed by atoms with Crippen molar-refractivity contribution in [2.24, 2.45) is 5.92 Å². The molecule has 4 heteroatoms. The van der Waals surface area contributed by atoms with Crippen molar-refractivity contribution in [3.63, 3.8) is 0 Å². The van der Waals surface area contributed by atoms with Crippen molar-refractivity contribution in [2.45, 2.75) is 45.6 Å². The summed E-state index contributed by atoms with van der Waals surface area (Å²) in [6.45, 7) is 4.71. The van der Waals surface area contributed by atoms with E-state index in [1.54, 1.807) is 6.08 Å². The average Bonchev–Trinajstić information content (AvgIpc) is 2.69. The van der Waals surface area contributed by atoms with Gasteiger partial charge in [0.2, 0.25) is 0 Å². The number of nitriles is 1. The number of benzene rings is 2. The van der Waals surface area contributed by atoms with Crippen LogP contribution in [0.1, 0.15) is 45.1 Å². The standard InChI is InChI=1S/C23H26N2O2/c1-3-27-22-13-12-17(19-9-5-6-10-20(19)22)14-18(15-24)23(26)25-21-11-7-4-8-16(21)2/h5-6,9-10,12-14,16,21H,3-4,7-8,11H2,1-2H3,(H,25,26)/b18-14+/t16-,21-/m1/s1. The predicted molar refractivity (Wildman–Crippen MR) is 108 cm³/mol. The average molecular weight is 362 g/mol. The van der Waals surface area contributed by atoms with Crippen molar-refractivity contribution in [3.8, 4) is 11.8 Å². The van der Waals surface area contributed by atoms with Gasteiger partial charge >= 0.3 is 0 Å². The van der Waals surface area contributed by atoms with E-state index in [0.717, 1.165) is 41.3 Å². The lowest BCUT2D eigenvalue weighted by Crippen LogP contribution is -2.41. The smallest absolute Gasteiger partial charge is 0.262 e. The van der Waals surface area contributed by atoms with Gasteiger partial charge in [0.1, 0.15) is 17.4 Å². The number of nitrogens with one attached hydrogen (secondary N) is 1. The molecule has 0 aromatic heterocycles. The van der Waals surface area contributed by atoms with Gasteiger partial charge in [-0.3, -0.25) is 4.79 Å². The summed E-state index contributed by atoms with van der Waals surface area (Å²) in [6.07, 6.45) is 6.13. The highest BCUT2D eigenvalue weighted by Crippen LogP contribution is 2.30. The van der Waals surface area contributed by atoms with Crippen LogP contribution in [0.3, 0.4) is 0 Å². The minimum absolute atomic E-state index is 0.141. The Labute approximate surface area is 160 Å². The topological polar surface area (TPSA) is 62.1 Å². The SMILES string of the molecule is CCOc1ccc(/C=C(\C#N)C(=O)N[C@@H]2CCCC[C@H]2C)c2ccccc12. The van der Waals surface area contributed by atoms with Crippen LogP contribution in [0, 0.1) is 17.2 Å². The number of hydrogen-bond acceptors (Lipinski definition) is 3. The van der Waals surface area contributed by atoms with Crippen LogP contribution in [0.15, 0.2) is 42.0 Å². The fourth-order valence-electron chi connectivity index (χ4n) is 3.78. The Hall–Kier alpha value is -2.80. The zero-order valence-corrected chi connectivity index (χ0v) is 16.0. The van der Waals surface area contributed by atoms with Crippen LogP contribution >= 0.6 is 0 Å². The highest BCUT2D eigenvalue weighted by molar-refractivity contribution is 6.04. The number of amides is 1. The first-order valence-corrected chi connectivity index (χ1v) is 9.71. The van der Waals surface area contributed by atoms with Gasteiger partial charge in [0.25, 0.3) is 5.91 Å². The van der Waals surface area contributed by atoms with Gasteiger partial charge in [0.15, 0.2) is 0 Å². The highest BCUT2D eigenvalue weighted by Gasteiger charge is 2.24. The number of fused-ring (bicyclic) bond motifs is 1. The van der Waals surface area contributed by atoms with E-state index in [-0.39, 0.29) is 17.5 Å². The highest BCUT2D eigenvalue weighted by atomic mass is 16.5. The van der Waals surface area contributed by atoms with Crippen molar-refractivity contribution in [3.05, 3.63) is 47.5 Å². The van der Waals surface area contributed by atoms with E-state index in [0.29, 0.717) is 12.5 Å². The normalized spacial score (nSPS) is 20.1. The fraction of sp³-hybridized carbons (Fsp3) is 0.391. The van der Waals surface area contributed by atoms with Crippen LogP contribution in [0.25, 0.3) is 16.8 Å². The molecule has 0 spiro atoms. The third-order valence-corrected chi connectivity index (χ3v) is 5.31. The lowest BCUT2D eigenvalue weighted by molar-refractivity contribution is -0.118. The molecule has 3 rings (SSSR count). The molecular formula is C23H26N2O2. The molecule has 0 unspecified atom stereocenters. The van der Waals surface area contributed by atoms with Gasteiger partial charge in [-0.15, -0.1) is 0 Å². The van der Waals surface area contributed by atoms with E-state index in [1.165, 1.54) is 6.42 Å². The van der Waals surface area contributed by atoms with Crippen molar-refractivity contribution >= 4 is 22.8 Å². The zero-order chi connectivity index (χ0) is 19.2. The number of hydrogen-bond donors (Lipinski definition) is 1. The molecular weight excluding hydrogens is 336 g/mol. The molecule has 0 radical (unpaired) electrons. The molecule has 0 bridgehead atoms. The molecule has 2 aromatic carbocycles. The van der Waals surface area contributed by atoms with E-state index in [4.69, 9.17) is 4.74 Å². The minimum Gasteiger partial charge on any atom is -0.493 e. The van der Waals surface area contributed by atoms with Gasteiger partial charge in [-0.25, -0.2) is 0 Å². The summed E-state index contributed by atoms with van der Waals surface area (Å²) in [4.78, 5) is 12.7. The van der Waals surface area contributed by atoms with Gasteiger partial charge in [0, 0.05) is 11.4 Å². The first-order valence-electron chi connectivity index (χ1n) is 9.71. The summed E-state index contributed by atoms with van der Waals surface area (Å²) < 4.78 is 5.70. The van der Waals surface area contributed by atoms with Gasteiger partial charge in [0.05, 0.1) is 6.61 Å². The van der Waals surface area contributed by atoms with Crippen LogP contribution in [-0.4, -0.2) is 18.6 Å². The lowest BCUT2D eigenvalue weighted by atomic mass is 9.86. The molecule has 1 saturated carbocycles. The molecule has 1 fully saturated rings. The third-order valence-electron chi connectivity index (χ3n) is 5.31. The van der Waals surface area contributed by atoms with E-state index in [1.807, 2.05) is 43.3 Å². The van der Waals surface area contributed by atoms with Crippen molar-refractivity contribution in [2.75, 3.05) is 6.61 Å². The Kier molecular flexibility index (Phi) is 6.13. The second kappa shape index (κ2) is 8.73. The molecule has 27 heavy (non-hydrogen) atoms. The molecule has 1 aliphatic rings. The van der Waals surface area contributed by atoms with E-state index < -0.39 is 0 Å². The fourth-order valence-corrected chi connectivity index (χ4v) is 3.78. The Morgan fingerprint density at radius 1 is 1.22 bits per heavy atom. The first-order chi connectivity index (χ1) is 13.1. The number of carbonyl (C=O) groups is 1. The summed E-state index contributed by atoms with van der Waals surface area (Å²) in [5.41, 5.74) is 0.986. The Morgan fingerprint density at radius 3 is 2.67 bits per heavy atom. The third kappa shape index (κ3) is 4.31. The number of ether oxygens (including phenoxy) is 1. The predicted octanol–water partition coefficient (Wildman–Crippen LogP) is 4.84. The van der Waals surface area contributed by atoms with Crippen molar-refractivity contribution in [1.82, 2.24) is 5.32 Å². The van der Waals surface area contributed by atoms with E-state index in [9.17, 15) is 10.1 Å². The summed E-state index contributed by atoms with van der Waals surface area (Å²) >= 11 is 0. The quantitative estimate of drug-likeness (QED) is 0.611. The maximum atomic E-state index is 12.7. The molecule has 1 amide bonds. The number of nitrogens with zero attached hydrogens (tertiary/aromatic N) is 1. The van der Waals surface area contributed by atoms with Crippen LogP contribution in [0.2, 0.25) is 0 Å². The Morgan fingerprint density at radius 2 is 1.96 bits per heavy atom. The Balaban J connectivity index is 1.90. The van der Waals surface area contributed by atoms with Crippen molar-refractivity contribution in [1.29, 1.82) is 5.26 Å². The van der Waals surface area contributed by atoms with Crippen LogP contribution < -0.4 is 10.1 Å². The first kappa shape index (κ1) is 19.0. The molecule has 1 N–H and O–H groups in total. The van der Waals surface area contributed by atoms with Crippen LogP contribution in [0.4, 0.5) is 0 Å². The largest absolute Gasteiger partial charge is 0.493 e. The van der Waals surface area contributed by atoms with Crippen LogP contribution in [0.5, 0.6) is 5.75 Å². The maximum absolute atomic E-state index is 12.7. The summed E-state index contributed by atoms with van der Waals surface area (Å²) in [5.74, 6) is 0.979. The number of rotatable bonds is 5. The maximum Gasteiger partial charge on any atom is 0.262 e. The number of carbonyl (C=O) groups excluding carboxylic acids is 1. The molecule has 2 aromatic rings. The van der Waals surface area contributed by atoms with E-state index >= 15 is 0 Å². The van der Waals surface area contributed by atoms with Crippen molar-refractivity contribution < 1.29 is 9.53 Å². The monoisotopic (exact) mass is 362 g/mol. The summed E-state index contributed by atoms with van der Waals surface area (Å²) in [5, 5.41) is 14.6. The van der Waals surface area contributed by atoms with E-state index in [2.05, 4.69) is 18.3 Å². The summed E-state index contributed by atoms with van der Waals surface area (Å²) in [6, 6.07) is 13.9. The molecule has 0 saturated heterocycles. The Bertz CT molecular complexity index is 895. The zero-order valence-electron chi connectivity index (χ0n) is 16.0. The van der Waals surface area contributed by atoms with Gasteiger partial charge in [-0.1, -0.05) is 50.1 Å². The second-order valence-electron chi connectivity index (χ2n) is 7.14. The van der Waals surface area contributed by atoms with Crippen LogP contribution in [-0.2, 0) is 4.79 Å². The van der Waals surface area contributed by atoms with Gasteiger partial charge in [-0.2, -0.15) is 5.26 Å². The molecule has 2 atom stereocenters. The molecule has 140 valence electrons. The molecule has 1 aliphatic carbocycles. The summed E-state index contributed by atoms with van der Waals surface area (Å²) in [7, 11) is 0. The molecule has 0 heterocycles.